The average molecular weight is 358 g/mol. The Hall–Kier alpha value is -2.80. The summed E-state index contributed by atoms with van der Waals surface area (Å²) in [7, 11) is 0. The van der Waals surface area contributed by atoms with Crippen LogP contribution < -0.4 is 0 Å². The highest BCUT2D eigenvalue weighted by Gasteiger charge is 2.26. The maximum Gasteiger partial charge on any atom is 0.0455 e. The van der Waals surface area contributed by atoms with Crippen LogP contribution in [-0.4, -0.2) is 4.57 Å². The summed E-state index contributed by atoms with van der Waals surface area (Å²) < 4.78 is 2.33. The van der Waals surface area contributed by atoms with Crippen molar-refractivity contribution in [2.24, 2.45) is 5.92 Å². The zero-order chi connectivity index (χ0) is 20.0. The Morgan fingerprint density at radius 2 is 1.74 bits per heavy atom. The van der Waals surface area contributed by atoms with Crippen LogP contribution in [-0.2, 0) is 0 Å². The predicted molar refractivity (Wildman–Crippen MR) is 121 cm³/mol. The second kappa shape index (κ2) is 9.23. The third-order valence-electron chi connectivity index (χ3n) is 4.98. The molecule has 1 unspecified atom stereocenters. The molecule has 1 aliphatic carbocycles. The van der Waals surface area contributed by atoms with E-state index in [0.717, 1.165) is 5.57 Å². The van der Waals surface area contributed by atoms with Crippen LogP contribution in [0.15, 0.2) is 79.4 Å². The van der Waals surface area contributed by atoms with Crippen LogP contribution in [0.3, 0.4) is 0 Å². The molecular weight excluding hydrogens is 326 g/mol. The maximum atomic E-state index is 4.46. The zero-order valence-corrected chi connectivity index (χ0v) is 17.3. The van der Waals surface area contributed by atoms with Gasteiger partial charge < -0.3 is 4.57 Å². The van der Waals surface area contributed by atoms with Gasteiger partial charge in [0.1, 0.15) is 0 Å². The van der Waals surface area contributed by atoms with Gasteiger partial charge in [-0.2, -0.15) is 0 Å². The smallest absolute Gasteiger partial charge is 0.0455 e. The fourth-order valence-corrected chi connectivity index (χ4v) is 3.77. The Morgan fingerprint density at radius 3 is 2.33 bits per heavy atom. The number of rotatable bonds is 4. The molecule has 140 valence electrons. The fraction of sp³-hybridized carbons (Fsp3) is 0.231. The first kappa shape index (κ1) is 20.5. The molecular formula is C26H31N. The molecule has 0 N–H and O–H groups in total. The highest BCUT2D eigenvalue weighted by atomic mass is 15.0. The highest BCUT2D eigenvalue weighted by Crippen LogP contribution is 2.41. The predicted octanol–water partition coefficient (Wildman–Crippen LogP) is 7.47. The molecule has 0 aliphatic heterocycles. The van der Waals surface area contributed by atoms with Gasteiger partial charge in [0.25, 0.3) is 0 Å². The molecule has 0 bridgehead atoms. The molecule has 1 aromatic heterocycles. The SMILES string of the molecule is C=C/C=C\C(=C/C)C1C=Cc2c(c(C)n(-c3ccccc3)c2C)C1=C.CC. The van der Waals surface area contributed by atoms with Gasteiger partial charge in [0.05, 0.1) is 0 Å². The minimum absolute atomic E-state index is 0.207. The molecule has 1 nitrogen and oxygen atoms in total. The molecule has 1 aliphatic rings. The van der Waals surface area contributed by atoms with E-state index in [1.165, 1.54) is 33.8 Å². The Kier molecular flexibility index (Phi) is 7.01. The van der Waals surface area contributed by atoms with E-state index >= 15 is 0 Å². The normalized spacial score (nSPS) is 16.1. The van der Waals surface area contributed by atoms with Gasteiger partial charge in [0.15, 0.2) is 0 Å². The number of para-hydroxylation sites is 1. The van der Waals surface area contributed by atoms with Gasteiger partial charge in [0.2, 0.25) is 0 Å². The summed E-state index contributed by atoms with van der Waals surface area (Å²) in [5, 5.41) is 0. The van der Waals surface area contributed by atoms with Crippen molar-refractivity contribution in [2.75, 3.05) is 0 Å². The lowest BCUT2D eigenvalue weighted by Crippen LogP contribution is -2.07. The van der Waals surface area contributed by atoms with Crippen molar-refractivity contribution >= 4 is 11.6 Å². The molecule has 27 heavy (non-hydrogen) atoms. The summed E-state index contributed by atoms with van der Waals surface area (Å²) in [4.78, 5) is 0. The molecule has 3 rings (SSSR count). The topological polar surface area (TPSA) is 4.93 Å². The third-order valence-corrected chi connectivity index (χ3v) is 4.98. The van der Waals surface area contributed by atoms with E-state index in [2.05, 4.69) is 93.1 Å². The molecule has 0 radical (unpaired) electrons. The number of hydrogen-bond acceptors (Lipinski definition) is 0. The Labute approximate surface area is 164 Å². The van der Waals surface area contributed by atoms with Gasteiger partial charge >= 0.3 is 0 Å². The fourth-order valence-electron chi connectivity index (χ4n) is 3.77. The Bertz CT molecular complexity index is 901. The number of nitrogens with zero attached hydrogens (tertiary/aromatic N) is 1. The minimum atomic E-state index is 0.207. The monoisotopic (exact) mass is 357 g/mol. The lowest BCUT2D eigenvalue weighted by atomic mass is 9.81. The number of aromatic nitrogens is 1. The van der Waals surface area contributed by atoms with E-state index in [-0.39, 0.29) is 5.92 Å². The van der Waals surface area contributed by atoms with Gasteiger partial charge in [-0.05, 0) is 44.1 Å². The van der Waals surface area contributed by atoms with Gasteiger partial charge in [-0.25, -0.2) is 0 Å². The molecule has 1 heterocycles. The number of benzene rings is 1. The highest BCUT2D eigenvalue weighted by molar-refractivity contribution is 5.85. The van der Waals surface area contributed by atoms with Crippen LogP contribution in [0.25, 0.3) is 17.3 Å². The second-order valence-electron chi connectivity index (χ2n) is 6.38. The first-order valence-corrected chi connectivity index (χ1v) is 9.70. The molecule has 0 amide bonds. The zero-order valence-electron chi connectivity index (χ0n) is 17.3. The van der Waals surface area contributed by atoms with Gasteiger partial charge in [0, 0.05) is 34.1 Å². The molecule has 0 fully saturated rings. The maximum absolute atomic E-state index is 4.46. The number of allylic oxidation sites excluding steroid dienone is 7. The number of hydrogen-bond donors (Lipinski definition) is 0. The molecule has 1 heteroatoms. The first-order valence-electron chi connectivity index (χ1n) is 9.70. The summed E-state index contributed by atoms with van der Waals surface area (Å²) >= 11 is 0. The van der Waals surface area contributed by atoms with E-state index in [1.807, 2.05) is 26.0 Å². The van der Waals surface area contributed by atoms with Crippen LogP contribution in [0, 0.1) is 19.8 Å². The number of fused-ring (bicyclic) bond motifs is 1. The van der Waals surface area contributed by atoms with Crippen LogP contribution in [0.5, 0.6) is 0 Å². The van der Waals surface area contributed by atoms with Gasteiger partial charge in [-0.3, -0.25) is 0 Å². The quantitative estimate of drug-likeness (QED) is 0.500. The standard InChI is InChI=1S/C24H25N.C2H6/c1-6-8-12-20(7-2)22-15-16-23-18(4)25(19(5)24(23)17(22)3)21-13-10-9-11-14-21;1-2/h6-16,22H,1,3H2,2,4-5H3;1-2H3/b12-8-,20-7+;. The Balaban J connectivity index is 0.00000126. The molecule has 0 spiro atoms. The van der Waals surface area contributed by atoms with E-state index in [9.17, 15) is 0 Å². The Morgan fingerprint density at radius 1 is 1.07 bits per heavy atom. The van der Waals surface area contributed by atoms with Crippen LogP contribution >= 0.6 is 0 Å². The molecule has 1 atom stereocenters. The molecule has 0 saturated heterocycles. The van der Waals surface area contributed by atoms with E-state index < -0.39 is 0 Å². The summed E-state index contributed by atoms with van der Waals surface area (Å²) in [6.45, 7) is 18.7. The summed E-state index contributed by atoms with van der Waals surface area (Å²) in [6, 6.07) is 10.5. The van der Waals surface area contributed by atoms with E-state index in [4.69, 9.17) is 0 Å². The molecule has 2 aromatic rings. The lowest BCUT2D eigenvalue weighted by molar-refractivity contribution is 0.959. The minimum Gasteiger partial charge on any atom is -0.317 e. The largest absolute Gasteiger partial charge is 0.317 e. The van der Waals surface area contributed by atoms with Crippen LogP contribution in [0.1, 0.15) is 43.3 Å². The van der Waals surface area contributed by atoms with Crippen molar-refractivity contribution in [3.05, 3.63) is 102 Å². The second-order valence-corrected chi connectivity index (χ2v) is 6.38. The lowest BCUT2D eigenvalue weighted by Gasteiger charge is -2.22. The summed E-state index contributed by atoms with van der Waals surface area (Å²) in [5.41, 5.74) is 8.68. The van der Waals surface area contributed by atoms with Crippen molar-refractivity contribution in [1.29, 1.82) is 0 Å². The van der Waals surface area contributed by atoms with Crippen molar-refractivity contribution in [3.63, 3.8) is 0 Å². The van der Waals surface area contributed by atoms with Gasteiger partial charge in [-0.15, -0.1) is 0 Å². The van der Waals surface area contributed by atoms with Gasteiger partial charge in [-0.1, -0.05) is 81.7 Å². The van der Waals surface area contributed by atoms with Crippen LogP contribution in [0.2, 0.25) is 0 Å². The third kappa shape index (κ3) is 3.83. The van der Waals surface area contributed by atoms with Crippen molar-refractivity contribution in [1.82, 2.24) is 4.57 Å². The van der Waals surface area contributed by atoms with Crippen molar-refractivity contribution in [2.45, 2.75) is 34.6 Å². The van der Waals surface area contributed by atoms with Crippen LogP contribution in [0.4, 0.5) is 0 Å². The summed E-state index contributed by atoms with van der Waals surface area (Å²) in [5.74, 6) is 0.207. The molecule has 1 aromatic carbocycles. The van der Waals surface area contributed by atoms with E-state index in [0.29, 0.717) is 0 Å². The summed E-state index contributed by atoms with van der Waals surface area (Å²) in [6.07, 6.45) is 12.6. The van der Waals surface area contributed by atoms with Crippen molar-refractivity contribution < 1.29 is 0 Å². The first-order chi connectivity index (χ1) is 13.1. The van der Waals surface area contributed by atoms with Crippen molar-refractivity contribution in [3.8, 4) is 5.69 Å². The van der Waals surface area contributed by atoms with E-state index in [1.54, 1.807) is 0 Å². The molecule has 0 saturated carbocycles. The average Bonchev–Trinajstić information content (AvgIpc) is 2.97.